The second-order valence-corrected chi connectivity index (χ2v) is 2.84. The normalized spacial score (nSPS) is 10.2. The van der Waals surface area contributed by atoms with Gasteiger partial charge in [0.2, 0.25) is 0 Å². The molecule has 2 nitrogen and oxygen atoms in total. The van der Waals surface area contributed by atoms with E-state index < -0.39 is 0 Å². The van der Waals surface area contributed by atoms with Crippen LogP contribution in [0.15, 0.2) is 0 Å². The van der Waals surface area contributed by atoms with Crippen molar-refractivity contribution in [2.24, 2.45) is 11.1 Å². The third-order valence-electron chi connectivity index (χ3n) is 1.34. The van der Waals surface area contributed by atoms with Crippen molar-refractivity contribution < 1.29 is 5.11 Å². The first-order valence-corrected chi connectivity index (χ1v) is 3.93. The van der Waals surface area contributed by atoms with Crippen LogP contribution in [0.2, 0.25) is 0 Å². The first kappa shape index (κ1) is 12.6. The van der Waals surface area contributed by atoms with Crippen LogP contribution in [0.25, 0.3) is 0 Å². The first-order valence-electron chi connectivity index (χ1n) is 3.93. The van der Waals surface area contributed by atoms with E-state index in [1.165, 1.54) is 0 Å². The van der Waals surface area contributed by atoms with E-state index in [0.29, 0.717) is 6.54 Å². The molecule has 10 heavy (non-hydrogen) atoms. The van der Waals surface area contributed by atoms with Crippen LogP contribution in [-0.4, -0.2) is 18.3 Å². The van der Waals surface area contributed by atoms with Gasteiger partial charge < -0.3 is 10.8 Å². The van der Waals surface area contributed by atoms with Gasteiger partial charge in [-0.15, -0.1) is 0 Å². The lowest BCUT2D eigenvalue weighted by Crippen LogP contribution is -2.24. The van der Waals surface area contributed by atoms with Gasteiger partial charge in [-0.05, 0) is 18.4 Å². The molecule has 2 heteroatoms. The highest BCUT2D eigenvalue weighted by Gasteiger charge is 2.13. The van der Waals surface area contributed by atoms with Crippen molar-refractivity contribution in [1.82, 2.24) is 0 Å². The van der Waals surface area contributed by atoms with Crippen molar-refractivity contribution in [3.8, 4) is 0 Å². The van der Waals surface area contributed by atoms with Crippen molar-refractivity contribution in [3.63, 3.8) is 0 Å². The van der Waals surface area contributed by atoms with E-state index in [1.807, 2.05) is 27.7 Å². The summed E-state index contributed by atoms with van der Waals surface area (Å²) in [5, 5.41) is 8.48. The van der Waals surface area contributed by atoms with Gasteiger partial charge in [0.1, 0.15) is 0 Å². The number of nitrogens with two attached hydrogens (primary N) is 1. The number of rotatable bonds is 3. The molecule has 0 aliphatic carbocycles. The van der Waals surface area contributed by atoms with Gasteiger partial charge >= 0.3 is 0 Å². The van der Waals surface area contributed by atoms with Gasteiger partial charge in [0, 0.05) is 6.61 Å². The van der Waals surface area contributed by atoms with Gasteiger partial charge in [0.05, 0.1) is 0 Å². The third kappa shape index (κ3) is 7.92. The average Bonchev–Trinajstić information content (AvgIpc) is 1.93. The Morgan fingerprint density at radius 2 is 1.70 bits per heavy atom. The zero-order valence-electron chi connectivity index (χ0n) is 7.65. The fourth-order valence-corrected chi connectivity index (χ4v) is 0.405. The van der Waals surface area contributed by atoms with Gasteiger partial charge in [0.15, 0.2) is 0 Å². The third-order valence-corrected chi connectivity index (χ3v) is 1.34. The molecule has 0 aromatic rings. The van der Waals surface area contributed by atoms with E-state index in [-0.39, 0.29) is 12.0 Å². The molecule has 0 unspecified atom stereocenters. The van der Waals surface area contributed by atoms with Crippen molar-refractivity contribution in [1.29, 1.82) is 0 Å². The van der Waals surface area contributed by atoms with E-state index >= 15 is 0 Å². The first-order chi connectivity index (χ1) is 4.62. The Hall–Kier alpha value is -0.0800. The van der Waals surface area contributed by atoms with E-state index in [9.17, 15) is 0 Å². The molecule has 3 N–H and O–H groups in total. The molecule has 0 aliphatic rings. The molecule has 0 radical (unpaired) electrons. The van der Waals surface area contributed by atoms with E-state index in [2.05, 4.69) is 0 Å². The Balaban J connectivity index is 0. The van der Waals surface area contributed by atoms with Gasteiger partial charge in [-0.25, -0.2) is 0 Å². The van der Waals surface area contributed by atoms with Crippen molar-refractivity contribution in [3.05, 3.63) is 0 Å². The van der Waals surface area contributed by atoms with Crippen LogP contribution >= 0.6 is 0 Å². The molecule has 0 aromatic heterocycles. The fourth-order valence-electron chi connectivity index (χ4n) is 0.405. The fraction of sp³-hybridized carbons (Fsp3) is 1.00. The van der Waals surface area contributed by atoms with Crippen LogP contribution < -0.4 is 5.73 Å². The monoisotopic (exact) mass is 147 g/mol. The summed E-state index contributed by atoms with van der Waals surface area (Å²) in [4.78, 5) is 0. The van der Waals surface area contributed by atoms with E-state index in [1.54, 1.807) is 0 Å². The Labute approximate surface area is 64.4 Å². The Morgan fingerprint density at radius 3 is 1.80 bits per heavy atom. The van der Waals surface area contributed by atoms with Crippen LogP contribution in [0, 0.1) is 5.41 Å². The lowest BCUT2D eigenvalue weighted by Gasteiger charge is -2.19. The van der Waals surface area contributed by atoms with Gasteiger partial charge in [-0.2, -0.15) is 0 Å². The second kappa shape index (κ2) is 7.03. The minimum Gasteiger partial charge on any atom is -0.396 e. The molecule has 0 heterocycles. The van der Waals surface area contributed by atoms with Crippen LogP contribution in [0.4, 0.5) is 0 Å². The number of aliphatic hydroxyl groups is 1. The molecule has 0 saturated heterocycles. The zero-order chi connectivity index (χ0) is 8.62. The standard InChI is InChI=1S/C6H15NO.C2H6/c1-6(2,5-7)3-4-8;1-2/h8H,3-5,7H2,1-2H3;1-2H3. The predicted octanol–water partition coefficient (Wildman–Crippen LogP) is 1.38. The van der Waals surface area contributed by atoms with Crippen molar-refractivity contribution >= 4 is 0 Å². The topological polar surface area (TPSA) is 46.2 Å². The lowest BCUT2D eigenvalue weighted by atomic mass is 9.90. The number of hydrogen-bond donors (Lipinski definition) is 2. The molecular formula is C8H21NO. The van der Waals surface area contributed by atoms with Crippen LogP contribution in [0.5, 0.6) is 0 Å². The molecule has 0 atom stereocenters. The molecule has 64 valence electrons. The Bertz CT molecular complexity index is 62.3. The molecule has 0 aliphatic heterocycles. The number of aliphatic hydroxyl groups excluding tert-OH is 1. The highest BCUT2D eigenvalue weighted by molar-refractivity contribution is 4.67. The van der Waals surface area contributed by atoms with Gasteiger partial charge in [0.25, 0.3) is 0 Å². The van der Waals surface area contributed by atoms with Crippen LogP contribution in [0.3, 0.4) is 0 Å². The van der Waals surface area contributed by atoms with Crippen LogP contribution in [0.1, 0.15) is 34.1 Å². The summed E-state index contributed by atoms with van der Waals surface area (Å²) in [6.45, 7) is 8.98. The summed E-state index contributed by atoms with van der Waals surface area (Å²) in [5.74, 6) is 0. The van der Waals surface area contributed by atoms with Crippen molar-refractivity contribution in [2.75, 3.05) is 13.2 Å². The van der Waals surface area contributed by atoms with E-state index in [4.69, 9.17) is 10.8 Å². The maximum atomic E-state index is 8.48. The zero-order valence-corrected chi connectivity index (χ0v) is 7.65. The minimum absolute atomic E-state index is 0.120. The quantitative estimate of drug-likeness (QED) is 0.633. The summed E-state index contributed by atoms with van der Waals surface area (Å²) in [6.07, 6.45) is 0.795. The molecule has 0 amide bonds. The molecule has 0 aromatic carbocycles. The maximum Gasteiger partial charge on any atom is 0.0436 e. The summed E-state index contributed by atoms with van der Waals surface area (Å²) >= 11 is 0. The average molecular weight is 147 g/mol. The summed E-state index contributed by atoms with van der Waals surface area (Å²) in [6, 6.07) is 0. The smallest absolute Gasteiger partial charge is 0.0436 e. The molecule has 0 rings (SSSR count). The highest BCUT2D eigenvalue weighted by atomic mass is 16.3. The SMILES string of the molecule is CC.CC(C)(CN)CCO. The van der Waals surface area contributed by atoms with Gasteiger partial charge in [-0.1, -0.05) is 27.7 Å². The summed E-state index contributed by atoms with van der Waals surface area (Å²) in [7, 11) is 0. The highest BCUT2D eigenvalue weighted by Crippen LogP contribution is 2.16. The Kier molecular flexibility index (Phi) is 8.85. The summed E-state index contributed by atoms with van der Waals surface area (Å²) < 4.78 is 0. The predicted molar refractivity (Wildman–Crippen MR) is 45.9 cm³/mol. The van der Waals surface area contributed by atoms with E-state index in [0.717, 1.165) is 6.42 Å². The largest absolute Gasteiger partial charge is 0.396 e. The minimum atomic E-state index is 0.120. The molecule has 0 fully saturated rings. The summed E-state index contributed by atoms with van der Waals surface area (Å²) in [5.41, 5.74) is 5.50. The molecule has 0 bridgehead atoms. The molecular weight excluding hydrogens is 126 g/mol. The van der Waals surface area contributed by atoms with Gasteiger partial charge in [-0.3, -0.25) is 0 Å². The molecule has 0 saturated carbocycles. The lowest BCUT2D eigenvalue weighted by molar-refractivity contribution is 0.216. The second-order valence-electron chi connectivity index (χ2n) is 2.84. The Morgan fingerprint density at radius 1 is 1.30 bits per heavy atom. The van der Waals surface area contributed by atoms with Crippen LogP contribution in [-0.2, 0) is 0 Å². The molecule has 0 spiro atoms. The number of hydrogen-bond acceptors (Lipinski definition) is 2. The van der Waals surface area contributed by atoms with Crippen molar-refractivity contribution in [2.45, 2.75) is 34.1 Å². The maximum absolute atomic E-state index is 8.48.